The molecule has 40 heavy (non-hydrogen) atoms. The Morgan fingerprint density at radius 3 is 2.65 bits per heavy atom. The van der Waals surface area contributed by atoms with Gasteiger partial charge in [-0.15, -0.1) is 0 Å². The number of fused-ring (bicyclic) bond motifs is 3. The van der Waals surface area contributed by atoms with Gasteiger partial charge in [0.2, 0.25) is 0 Å². The Morgan fingerprint density at radius 1 is 1.02 bits per heavy atom. The molecule has 1 amide bonds. The molecule has 2 N–H and O–H groups in total. The van der Waals surface area contributed by atoms with Crippen molar-refractivity contribution in [3.63, 3.8) is 0 Å². The van der Waals surface area contributed by atoms with Gasteiger partial charge >= 0.3 is 6.18 Å². The van der Waals surface area contributed by atoms with Crippen LogP contribution in [-0.2, 0) is 6.18 Å². The monoisotopic (exact) mass is 541 g/mol. The summed E-state index contributed by atoms with van der Waals surface area (Å²) < 4.78 is 42.2. The Morgan fingerprint density at radius 2 is 1.88 bits per heavy atom. The van der Waals surface area contributed by atoms with Gasteiger partial charge in [-0.1, -0.05) is 12.1 Å². The molecule has 9 nitrogen and oxygen atoms in total. The number of benzene rings is 2. The van der Waals surface area contributed by atoms with E-state index in [1.807, 2.05) is 25.1 Å². The summed E-state index contributed by atoms with van der Waals surface area (Å²) in [4.78, 5) is 43.9. The lowest BCUT2D eigenvalue weighted by atomic mass is 10.0. The van der Waals surface area contributed by atoms with E-state index >= 15 is 0 Å². The SMILES string of the molecule is Cc1ncc(NC(=O)c2cc(-n3cnc(C=O)c3)cc(C(F)(F)F)c2)cc1-c1ccc2c(c1)[nH]c1ncncc12. The number of amides is 1. The molecule has 0 aliphatic carbocycles. The second-order valence-corrected chi connectivity index (χ2v) is 9.07. The first-order valence-electron chi connectivity index (χ1n) is 11.9. The average molecular weight is 541 g/mol. The molecule has 0 spiro atoms. The maximum Gasteiger partial charge on any atom is 0.416 e. The Kier molecular flexibility index (Phi) is 5.87. The number of alkyl halides is 3. The molecule has 2 aromatic carbocycles. The number of aryl methyl sites for hydroxylation is 1. The summed E-state index contributed by atoms with van der Waals surface area (Å²) in [5.41, 5.74) is 2.92. The van der Waals surface area contributed by atoms with Gasteiger partial charge in [-0.25, -0.2) is 15.0 Å². The van der Waals surface area contributed by atoms with Gasteiger partial charge in [-0.05, 0) is 42.8 Å². The van der Waals surface area contributed by atoms with E-state index in [9.17, 15) is 22.8 Å². The van der Waals surface area contributed by atoms with Crippen molar-refractivity contribution >= 4 is 39.8 Å². The number of aromatic nitrogens is 6. The molecule has 0 aliphatic heterocycles. The highest BCUT2D eigenvalue weighted by atomic mass is 19.4. The summed E-state index contributed by atoms with van der Waals surface area (Å²) in [6, 6.07) is 10.4. The van der Waals surface area contributed by atoms with Crippen LogP contribution in [0.2, 0.25) is 0 Å². The normalized spacial score (nSPS) is 11.7. The van der Waals surface area contributed by atoms with Gasteiger partial charge < -0.3 is 14.9 Å². The number of carbonyl (C=O) groups is 2. The molecule has 198 valence electrons. The third kappa shape index (κ3) is 4.55. The first-order valence-corrected chi connectivity index (χ1v) is 11.9. The molecule has 6 rings (SSSR count). The number of pyridine rings is 1. The molecule has 0 fully saturated rings. The Bertz CT molecular complexity index is 1940. The van der Waals surface area contributed by atoms with Crippen LogP contribution in [-0.4, -0.2) is 41.7 Å². The van der Waals surface area contributed by atoms with Crippen LogP contribution in [0.25, 0.3) is 38.8 Å². The van der Waals surface area contributed by atoms with Crippen molar-refractivity contribution in [3.8, 4) is 16.8 Å². The lowest BCUT2D eigenvalue weighted by molar-refractivity contribution is -0.137. The van der Waals surface area contributed by atoms with Crippen LogP contribution in [0.1, 0.15) is 32.1 Å². The van der Waals surface area contributed by atoms with E-state index in [1.54, 1.807) is 12.3 Å². The molecule has 0 aliphatic rings. The number of carbonyl (C=O) groups excluding carboxylic acids is 2. The van der Waals surface area contributed by atoms with Crippen molar-refractivity contribution in [2.75, 3.05) is 5.32 Å². The first-order chi connectivity index (χ1) is 19.2. The molecule has 4 aromatic heterocycles. The third-order valence-corrected chi connectivity index (χ3v) is 6.46. The fraction of sp³-hybridized carbons (Fsp3) is 0.0714. The second-order valence-electron chi connectivity index (χ2n) is 9.07. The number of aldehydes is 1. The molecule has 6 aromatic rings. The van der Waals surface area contributed by atoms with E-state index in [4.69, 9.17) is 0 Å². The molecule has 4 heterocycles. The van der Waals surface area contributed by atoms with E-state index in [2.05, 4.69) is 30.2 Å². The van der Waals surface area contributed by atoms with E-state index in [1.165, 1.54) is 35.7 Å². The molecule has 0 atom stereocenters. The summed E-state index contributed by atoms with van der Waals surface area (Å²) in [6.45, 7) is 1.82. The van der Waals surface area contributed by atoms with Crippen LogP contribution in [0, 0.1) is 6.92 Å². The zero-order valence-corrected chi connectivity index (χ0v) is 20.7. The minimum absolute atomic E-state index is 0.0274. The molecular formula is C28H18F3N7O2. The summed E-state index contributed by atoms with van der Waals surface area (Å²) in [5, 5.41) is 4.49. The molecule has 0 bridgehead atoms. The molecule has 12 heteroatoms. The zero-order chi connectivity index (χ0) is 28.0. The predicted octanol–water partition coefficient (Wildman–Crippen LogP) is 5.75. The minimum Gasteiger partial charge on any atom is -0.339 e. The minimum atomic E-state index is -4.70. The van der Waals surface area contributed by atoms with E-state index in [0.717, 1.165) is 39.5 Å². The van der Waals surface area contributed by atoms with Gasteiger partial charge in [0.15, 0.2) is 6.29 Å². The van der Waals surface area contributed by atoms with Crippen LogP contribution in [0.15, 0.2) is 73.7 Å². The first kappa shape index (κ1) is 24.9. The predicted molar refractivity (Wildman–Crippen MR) is 141 cm³/mol. The maximum atomic E-state index is 13.7. The zero-order valence-electron chi connectivity index (χ0n) is 20.7. The number of anilines is 1. The lowest BCUT2D eigenvalue weighted by Crippen LogP contribution is -2.15. The van der Waals surface area contributed by atoms with Crippen molar-refractivity contribution in [2.24, 2.45) is 0 Å². The maximum absolute atomic E-state index is 13.7. The Hall–Kier alpha value is -5.39. The van der Waals surface area contributed by atoms with Crippen LogP contribution in [0.4, 0.5) is 18.9 Å². The summed E-state index contributed by atoms with van der Waals surface area (Å²) >= 11 is 0. The van der Waals surface area contributed by atoms with Gasteiger partial charge in [0.25, 0.3) is 5.91 Å². The average Bonchev–Trinajstić information content (AvgIpc) is 3.58. The molecule has 0 saturated heterocycles. The topological polar surface area (TPSA) is 118 Å². The Labute approximate surface area is 223 Å². The standard InChI is InChI=1S/C28H18F3N7O2/c1-15-23(16-2-3-22-24-10-32-13-34-26(24)37-25(22)6-16)8-19(9-33-15)36-27(40)17-4-18(28(29,30)31)7-21(5-17)38-11-20(12-39)35-14-38/h2-14H,1H3,(H,36,40)(H,32,34,37). The fourth-order valence-electron chi connectivity index (χ4n) is 4.50. The van der Waals surface area contributed by atoms with Crippen LogP contribution >= 0.6 is 0 Å². The number of hydrogen-bond acceptors (Lipinski definition) is 6. The number of hydrogen-bond donors (Lipinski definition) is 2. The van der Waals surface area contributed by atoms with Gasteiger partial charge in [0.1, 0.15) is 24.0 Å². The third-order valence-electron chi connectivity index (χ3n) is 6.46. The number of imidazole rings is 1. The molecular weight excluding hydrogens is 523 g/mol. The number of H-pyrrole nitrogens is 1. The number of nitrogens with one attached hydrogen (secondary N) is 2. The summed E-state index contributed by atoms with van der Waals surface area (Å²) in [5.74, 6) is -0.760. The van der Waals surface area contributed by atoms with Gasteiger partial charge in [-0.3, -0.25) is 14.6 Å². The number of rotatable bonds is 5. The number of aromatic amines is 1. The van der Waals surface area contributed by atoms with Crippen LogP contribution in [0.3, 0.4) is 0 Å². The van der Waals surface area contributed by atoms with Crippen molar-refractivity contribution in [1.82, 2.24) is 29.5 Å². The highest BCUT2D eigenvalue weighted by Gasteiger charge is 2.32. The van der Waals surface area contributed by atoms with Gasteiger partial charge in [0.05, 0.1) is 17.4 Å². The summed E-state index contributed by atoms with van der Waals surface area (Å²) in [6.07, 6.45) is 2.88. The Balaban J connectivity index is 1.34. The van der Waals surface area contributed by atoms with Crippen LogP contribution in [0.5, 0.6) is 0 Å². The van der Waals surface area contributed by atoms with E-state index in [-0.39, 0.29) is 16.9 Å². The highest BCUT2D eigenvalue weighted by molar-refractivity contribution is 6.07. The summed E-state index contributed by atoms with van der Waals surface area (Å²) in [7, 11) is 0. The molecule has 0 radical (unpaired) electrons. The van der Waals surface area contributed by atoms with Crippen molar-refractivity contribution in [1.29, 1.82) is 0 Å². The van der Waals surface area contributed by atoms with E-state index in [0.29, 0.717) is 23.3 Å². The quantitative estimate of drug-likeness (QED) is 0.268. The van der Waals surface area contributed by atoms with Crippen molar-refractivity contribution in [3.05, 3.63) is 96.2 Å². The van der Waals surface area contributed by atoms with E-state index < -0.39 is 17.6 Å². The molecule has 0 saturated carbocycles. The fourth-order valence-corrected chi connectivity index (χ4v) is 4.50. The molecule has 0 unspecified atom stereocenters. The second kappa shape index (κ2) is 9.42. The lowest BCUT2D eigenvalue weighted by Gasteiger charge is -2.14. The van der Waals surface area contributed by atoms with Crippen molar-refractivity contribution < 1.29 is 22.8 Å². The van der Waals surface area contributed by atoms with Gasteiger partial charge in [0, 0.05) is 51.2 Å². The van der Waals surface area contributed by atoms with Crippen LogP contribution < -0.4 is 5.32 Å². The highest BCUT2D eigenvalue weighted by Crippen LogP contribution is 2.33. The largest absolute Gasteiger partial charge is 0.416 e. The van der Waals surface area contributed by atoms with Gasteiger partial charge in [-0.2, -0.15) is 13.2 Å². The smallest absolute Gasteiger partial charge is 0.339 e. The van der Waals surface area contributed by atoms with Crippen molar-refractivity contribution in [2.45, 2.75) is 13.1 Å². The number of halogens is 3. The number of nitrogens with zero attached hydrogens (tertiary/aromatic N) is 5.